The quantitative estimate of drug-likeness (QED) is 0.184. The molecule has 2 aromatic carbocycles. The molecule has 2 heterocycles. The van der Waals surface area contributed by atoms with Crippen molar-refractivity contribution in [2.75, 3.05) is 26.9 Å². The molecule has 0 unspecified atom stereocenters. The van der Waals surface area contributed by atoms with Crippen LogP contribution in [0.3, 0.4) is 0 Å². The van der Waals surface area contributed by atoms with Crippen molar-refractivity contribution >= 4 is 45.0 Å². The average molecular weight is 643 g/mol. The minimum atomic E-state index is -0.890. The van der Waals surface area contributed by atoms with Crippen molar-refractivity contribution < 1.29 is 28.7 Å². The van der Waals surface area contributed by atoms with Crippen LogP contribution >= 0.6 is 27.3 Å². The molecule has 0 amide bonds. The highest BCUT2D eigenvalue weighted by Gasteiger charge is 2.31. The molecule has 41 heavy (non-hydrogen) atoms. The molecule has 1 aliphatic rings. The Morgan fingerprint density at radius 2 is 1.95 bits per heavy atom. The lowest BCUT2D eigenvalue weighted by Gasteiger charge is -2.23. The highest BCUT2D eigenvalue weighted by Crippen LogP contribution is 2.37. The molecule has 0 bridgehead atoms. The Morgan fingerprint density at radius 3 is 2.61 bits per heavy atom. The fraction of sp³-hybridized carbons (Fsp3) is 0.259. The van der Waals surface area contributed by atoms with Crippen molar-refractivity contribution in [2.45, 2.75) is 19.9 Å². The third-order valence-electron chi connectivity index (χ3n) is 5.83. The molecule has 14 heteroatoms. The van der Waals surface area contributed by atoms with Crippen LogP contribution in [0.1, 0.15) is 31.0 Å². The Bertz CT molecular complexity index is 1770. The Kier molecular flexibility index (Phi) is 9.21. The molecule has 4 rings (SSSR count). The van der Waals surface area contributed by atoms with E-state index in [0.717, 1.165) is 11.3 Å². The fourth-order valence-corrected chi connectivity index (χ4v) is 5.76. The monoisotopic (exact) mass is 642 g/mol. The lowest BCUT2D eigenvalue weighted by molar-refractivity contribution is -0.385. The molecule has 1 aromatic heterocycles. The number of nitro groups is 1. The number of carbonyl (C=O) groups is 1. The number of fused-ring (bicyclic) bond motifs is 1. The van der Waals surface area contributed by atoms with Gasteiger partial charge in [-0.05, 0) is 65.2 Å². The zero-order valence-corrected chi connectivity index (χ0v) is 24.5. The summed E-state index contributed by atoms with van der Waals surface area (Å²) >= 11 is 4.31. The number of nitrogens with zero attached hydrogens (tertiary/aromatic N) is 4. The van der Waals surface area contributed by atoms with Gasteiger partial charge in [0.05, 0.1) is 45.9 Å². The lowest BCUT2D eigenvalue weighted by Crippen LogP contribution is -2.39. The average Bonchev–Trinajstić information content (AvgIpc) is 3.27. The van der Waals surface area contributed by atoms with E-state index < -0.39 is 22.5 Å². The smallest absolute Gasteiger partial charge is 0.337 e. The van der Waals surface area contributed by atoms with Crippen LogP contribution in [-0.2, 0) is 9.53 Å². The predicted octanol–water partition coefficient (Wildman–Crippen LogP) is 3.39. The number of esters is 1. The van der Waals surface area contributed by atoms with E-state index in [1.165, 1.54) is 36.1 Å². The zero-order valence-electron chi connectivity index (χ0n) is 22.1. The van der Waals surface area contributed by atoms with Crippen molar-refractivity contribution in [3.63, 3.8) is 0 Å². The number of hydrogen-bond acceptors (Lipinski definition) is 11. The molecule has 1 aliphatic heterocycles. The number of hydrogen-bond donors (Lipinski definition) is 0. The van der Waals surface area contributed by atoms with E-state index in [0.29, 0.717) is 40.6 Å². The van der Waals surface area contributed by atoms with Crippen LogP contribution in [0.4, 0.5) is 5.69 Å². The van der Waals surface area contributed by atoms with Gasteiger partial charge in [0.15, 0.2) is 22.9 Å². The van der Waals surface area contributed by atoms with Gasteiger partial charge in [0.2, 0.25) is 5.75 Å². The number of halogens is 1. The third kappa shape index (κ3) is 6.01. The molecule has 12 nitrogen and oxygen atoms in total. The van der Waals surface area contributed by atoms with E-state index in [1.807, 2.05) is 13.8 Å². The Labute approximate surface area is 245 Å². The molecule has 0 aliphatic carbocycles. The molecule has 0 saturated heterocycles. The number of ether oxygens (including phenoxy) is 4. The number of nitro benzene ring substituents is 1. The second kappa shape index (κ2) is 12.8. The van der Waals surface area contributed by atoms with Gasteiger partial charge < -0.3 is 18.9 Å². The predicted molar refractivity (Wildman–Crippen MR) is 152 cm³/mol. The van der Waals surface area contributed by atoms with Gasteiger partial charge in [-0.1, -0.05) is 17.4 Å². The van der Waals surface area contributed by atoms with E-state index >= 15 is 0 Å². The Balaban J connectivity index is 1.90. The van der Waals surface area contributed by atoms with Crippen molar-refractivity contribution in [1.29, 1.82) is 5.26 Å². The summed E-state index contributed by atoms with van der Waals surface area (Å²) in [6, 6.07) is 8.82. The number of nitriles is 1. The van der Waals surface area contributed by atoms with Gasteiger partial charge >= 0.3 is 11.7 Å². The topological polar surface area (TPSA) is 155 Å². The van der Waals surface area contributed by atoms with Crippen LogP contribution in [0.15, 0.2) is 56.4 Å². The van der Waals surface area contributed by atoms with Crippen molar-refractivity contribution in [1.82, 2.24) is 4.57 Å². The lowest BCUT2D eigenvalue weighted by atomic mass is 9.97. The maximum absolute atomic E-state index is 13.8. The molecule has 0 N–H and O–H groups in total. The first-order valence-corrected chi connectivity index (χ1v) is 13.8. The highest BCUT2D eigenvalue weighted by atomic mass is 79.9. The first-order valence-electron chi connectivity index (χ1n) is 12.2. The first-order chi connectivity index (χ1) is 19.7. The second-order valence-corrected chi connectivity index (χ2v) is 10.2. The van der Waals surface area contributed by atoms with Crippen LogP contribution in [0.2, 0.25) is 0 Å². The summed E-state index contributed by atoms with van der Waals surface area (Å²) in [6.07, 6.45) is 2.85. The summed E-state index contributed by atoms with van der Waals surface area (Å²) in [5.41, 5.74) is 0.187. The van der Waals surface area contributed by atoms with Gasteiger partial charge in [-0.3, -0.25) is 19.5 Å². The van der Waals surface area contributed by atoms with Gasteiger partial charge in [0.25, 0.3) is 5.56 Å². The third-order valence-corrected chi connectivity index (χ3v) is 7.42. The normalized spacial score (nSPS) is 14.3. The van der Waals surface area contributed by atoms with E-state index in [2.05, 4.69) is 20.9 Å². The summed E-state index contributed by atoms with van der Waals surface area (Å²) in [6.45, 7) is 4.09. The Hall–Kier alpha value is -4.48. The molecular formula is C27H23BrN4O8S. The molecular weight excluding hydrogens is 620 g/mol. The van der Waals surface area contributed by atoms with E-state index in [4.69, 9.17) is 24.2 Å². The number of carbonyl (C=O) groups excluding carboxylic acids is 1. The maximum Gasteiger partial charge on any atom is 0.337 e. The number of aromatic nitrogens is 1. The summed E-state index contributed by atoms with van der Waals surface area (Å²) in [7, 11) is 1.24. The molecule has 3 aromatic rings. The van der Waals surface area contributed by atoms with Gasteiger partial charge in [0, 0.05) is 12.3 Å². The van der Waals surface area contributed by atoms with Crippen LogP contribution in [0.25, 0.3) is 6.08 Å². The van der Waals surface area contributed by atoms with E-state index in [9.17, 15) is 19.7 Å². The van der Waals surface area contributed by atoms with Crippen molar-refractivity contribution in [3.05, 3.63) is 87.5 Å². The molecule has 0 fully saturated rings. The number of thiazole rings is 1. The zero-order chi connectivity index (χ0) is 29.7. The first kappa shape index (κ1) is 29.5. The number of rotatable bonds is 10. The molecule has 212 valence electrons. The van der Waals surface area contributed by atoms with E-state index in [-0.39, 0.29) is 32.6 Å². The molecule has 0 radical (unpaired) electrons. The largest absolute Gasteiger partial charge is 0.490 e. The number of benzene rings is 2. The minimum absolute atomic E-state index is 0.0986. The fourth-order valence-electron chi connectivity index (χ4n) is 4.20. The summed E-state index contributed by atoms with van der Waals surface area (Å²) < 4.78 is 23.5. The summed E-state index contributed by atoms with van der Waals surface area (Å²) in [5, 5.41) is 20.5. The van der Waals surface area contributed by atoms with Crippen LogP contribution in [0, 0.1) is 21.4 Å². The van der Waals surface area contributed by atoms with Crippen molar-refractivity contribution in [3.8, 4) is 23.3 Å². The van der Waals surface area contributed by atoms with Crippen LogP contribution < -0.4 is 29.1 Å². The standard InChI is InChI=1S/C27H23BrN4O8S/c1-4-38-20-7-6-16(13-21(20)39-5-2)23-17(26(34)37-3)14-30-27-31(23)25(33)22(41-27)12-15-10-18(28)24(40-9-8-29)19(11-15)32(35)36/h6-7,10-14,23H,4-5,9H2,1-3H3/b22-12+/t23-/m0/s1. The SMILES string of the molecule is CCOc1ccc([C@H]2C(C(=O)OC)=CN=c3s/c(=C/c4cc(Br)c(OCC#N)c([N+](=O)[O-])c4)c(=O)n32)cc1OCC. The number of methoxy groups -OCH3 is 1. The highest BCUT2D eigenvalue weighted by molar-refractivity contribution is 9.10. The second-order valence-electron chi connectivity index (χ2n) is 8.30. The van der Waals surface area contributed by atoms with E-state index in [1.54, 1.807) is 24.3 Å². The molecule has 0 spiro atoms. The summed E-state index contributed by atoms with van der Waals surface area (Å²) in [5.74, 6) is 0.209. The summed E-state index contributed by atoms with van der Waals surface area (Å²) in [4.78, 5) is 42.3. The minimum Gasteiger partial charge on any atom is -0.490 e. The van der Waals surface area contributed by atoms with Gasteiger partial charge in [-0.25, -0.2) is 9.79 Å². The van der Waals surface area contributed by atoms with Crippen molar-refractivity contribution in [2.24, 2.45) is 4.99 Å². The van der Waals surface area contributed by atoms with Gasteiger partial charge in [-0.15, -0.1) is 0 Å². The van der Waals surface area contributed by atoms with Gasteiger partial charge in [-0.2, -0.15) is 5.26 Å². The van der Waals surface area contributed by atoms with Crippen LogP contribution in [0.5, 0.6) is 17.2 Å². The Morgan fingerprint density at radius 1 is 1.22 bits per heavy atom. The van der Waals surface area contributed by atoms with Gasteiger partial charge in [0.1, 0.15) is 6.07 Å². The molecule has 1 atom stereocenters. The maximum atomic E-state index is 13.8. The molecule has 0 saturated carbocycles. The van der Waals surface area contributed by atoms with Crippen LogP contribution in [-0.4, -0.2) is 42.4 Å².